The third-order valence-corrected chi connectivity index (χ3v) is 4.56. The summed E-state index contributed by atoms with van der Waals surface area (Å²) >= 11 is 3.42. The second kappa shape index (κ2) is 6.71. The number of fused-ring (bicyclic) bond motifs is 1. The van der Waals surface area contributed by atoms with Crippen molar-refractivity contribution in [1.82, 2.24) is 4.57 Å². The molecule has 0 saturated heterocycles. The van der Waals surface area contributed by atoms with E-state index in [4.69, 9.17) is 4.74 Å². The normalized spacial score (nSPS) is 13.7. The van der Waals surface area contributed by atoms with Crippen molar-refractivity contribution in [2.24, 2.45) is 0 Å². The molecular weight excluding hydrogens is 358 g/mol. The van der Waals surface area contributed by atoms with E-state index in [0.29, 0.717) is 31.0 Å². The lowest BCUT2D eigenvalue weighted by atomic mass is 9.97. The van der Waals surface area contributed by atoms with Gasteiger partial charge >= 0.3 is 5.97 Å². The van der Waals surface area contributed by atoms with E-state index in [9.17, 15) is 9.59 Å². The number of ether oxygens (including phenoxy) is 1. The molecule has 1 aliphatic rings. The molecule has 3 rings (SSSR count). The van der Waals surface area contributed by atoms with E-state index in [0.717, 1.165) is 28.4 Å². The minimum absolute atomic E-state index is 0.110. The maximum atomic E-state index is 12.4. The Bertz CT molecular complexity index is 746. The fourth-order valence-electron chi connectivity index (χ4n) is 2.99. The SMILES string of the molecule is CCOC(=O)c1cc2c(n1Cc1ccc(Br)cc1)C(=O)CCC2. The largest absolute Gasteiger partial charge is 0.461 e. The highest BCUT2D eigenvalue weighted by Gasteiger charge is 2.27. The summed E-state index contributed by atoms with van der Waals surface area (Å²) in [6.45, 7) is 2.59. The molecule has 5 heteroatoms. The Morgan fingerprint density at radius 2 is 2.00 bits per heavy atom. The summed E-state index contributed by atoms with van der Waals surface area (Å²) in [5, 5.41) is 0. The maximum Gasteiger partial charge on any atom is 0.354 e. The summed E-state index contributed by atoms with van der Waals surface area (Å²) in [4.78, 5) is 24.6. The molecule has 0 aliphatic heterocycles. The van der Waals surface area contributed by atoms with Crippen LogP contribution in [0.5, 0.6) is 0 Å². The van der Waals surface area contributed by atoms with E-state index < -0.39 is 0 Å². The number of ketones is 1. The monoisotopic (exact) mass is 375 g/mol. The molecule has 0 radical (unpaired) electrons. The first kappa shape index (κ1) is 16.0. The van der Waals surface area contributed by atoms with Crippen LogP contribution in [0.1, 0.15) is 51.9 Å². The van der Waals surface area contributed by atoms with Crippen LogP contribution in [-0.2, 0) is 17.7 Å². The van der Waals surface area contributed by atoms with E-state index in [1.54, 1.807) is 6.92 Å². The molecule has 0 unspecified atom stereocenters. The number of benzene rings is 1. The van der Waals surface area contributed by atoms with Gasteiger partial charge in [0.25, 0.3) is 0 Å². The van der Waals surface area contributed by atoms with Crippen molar-refractivity contribution in [3.63, 3.8) is 0 Å². The Morgan fingerprint density at radius 3 is 2.70 bits per heavy atom. The number of hydrogen-bond acceptors (Lipinski definition) is 3. The first-order valence-corrected chi connectivity index (χ1v) is 8.56. The minimum Gasteiger partial charge on any atom is -0.461 e. The molecule has 120 valence electrons. The number of rotatable bonds is 4. The molecule has 0 amide bonds. The molecule has 1 aromatic carbocycles. The van der Waals surface area contributed by atoms with Gasteiger partial charge < -0.3 is 9.30 Å². The average Bonchev–Trinajstić information content (AvgIpc) is 2.90. The van der Waals surface area contributed by atoms with Gasteiger partial charge in [0.15, 0.2) is 5.78 Å². The van der Waals surface area contributed by atoms with Crippen molar-refractivity contribution in [2.45, 2.75) is 32.7 Å². The number of aryl methyl sites for hydroxylation is 1. The summed E-state index contributed by atoms with van der Waals surface area (Å²) < 4.78 is 7.98. The zero-order valence-electron chi connectivity index (χ0n) is 13.0. The molecular formula is C18H18BrNO3. The van der Waals surface area contributed by atoms with Crippen molar-refractivity contribution in [2.75, 3.05) is 6.61 Å². The fraction of sp³-hybridized carbons (Fsp3) is 0.333. The average molecular weight is 376 g/mol. The van der Waals surface area contributed by atoms with E-state index in [2.05, 4.69) is 15.9 Å². The molecule has 0 N–H and O–H groups in total. The number of esters is 1. The molecule has 1 aromatic heterocycles. The second-order valence-electron chi connectivity index (χ2n) is 5.61. The molecule has 23 heavy (non-hydrogen) atoms. The third kappa shape index (κ3) is 3.24. The smallest absolute Gasteiger partial charge is 0.354 e. The van der Waals surface area contributed by atoms with Gasteiger partial charge in [-0.05, 0) is 49.1 Å². The highest BCUT2D eigenvalue weighted by Crippen LogP contribution is 2.27. The molecule has 0 atom stereocenters. The molecule has 4 nitrogen and oxygen atoms in total. The zero-order chi connectivity index (χ0) is 16.4. The Balaban J connectivity index is 2.04. The molecule has 0 bridgehead atoms. The molecule has 0 saturated carbocycles. The maximum absolute atomic E-state index is 12.4. The summed E-state index contributed by atoms with van der Waals surface area (Å²) in [6.07, 6.45) is 2.22. The van der Waals surface area contributed by atoms with E-state index in [1.807, 2.05) is 34.9 Å². The van der Waals surface area contributed by atoms with Crippen molar-refractivity contribution >= 4 is 27.7 Å². The summed E-state index contributed by atoms with van der Waals surface area (Å²) in [5.41, 5.74) is 3.13. The number of carbonyl (C=O) groups is 2. The van der Waals surface area contributed by atoms with Crippen LogP contribution in [0.2, 0.25) is 0 Å². The summed E-state index contributed by atoms with van der Waals surface area (Å²) in [6, 6.07) is 9.70. The number of halogens is 1. The first-order chi connectivity index (χ1) is 11.1. The van der Waals surface area contributed by atoms with Gasteiger partial charge in [0, 0.05) is 17.4 Å². The third-order valence-electron chi connectivity index (χ3n) is 4.03. The van der Waals surface area contributed by atoms with Crippen LogP contribution in [-0.4, -0.2) is 22.9 Å². The van der Waals surface area contributed by atoms with Gasteiger partial charge in [0.1, 0.15) is 5.69 Å². The van der Waals surface area contributed by atoms with E-state index >= 15 is 0 Å². The van der Waals surface area contributed by atoms with Crippen LogP contribution < -0.4 is 0 Å². The minimum atomic E-state index is -0.369. The van der Waals surface area contributed by atoms with Crippen molar-refractivity contribution in [1.29, 1.82) is 0 Å². The highest BCUT2D eigenvalue weighted by molar-refractivity contribution is 9.10. The molecule has 0 spiro atoms. The van der Waals surface area contributed by atoms with Crippen LogP contribution >= 0.6 is 15.9 Å². The molecule has 1 heterocycles. The van der Waals surface area contributed by atoms with Gasteiger partial charge in [-0.3, -0.25) is 4.79 Å². The van der Waals surface area contributed by atoms with Crippen molar-refractivity contribution in [3.05, 3.63) is 57.3 Å². The standard InChI is InChI=1S/C18H18BrNO3/c1-2-23-18(22)15-10-13-4-3-5-16(21)17(13)20(15)11-12-6-8-14(19)9-7-12/h6-10H,2-5,11H2,1H3. The highest BCUT2D eigenvalue weighted by atomic mass is 79.9. The number of nitrogens with zero attached hydrogens (tertiary/aromatic N) is 1. The van der Waals surface area contributed by atoms with Gasteiger partial charge in [-0.25, -0.2) is 4.79 Å². The number of aromatic nitrogens is 1. The molecule has 1 aliphatic carbocycles. The lowest BCUT2D eigenvalue weighted by molar-refractivity contribution is 0.0514. The molecule has 0 fully saturated rings. The number of hydrogen-bond donors (Lipinski definition) is 0. The molecule has 2 aromatic rings. The van der Waals surface area contributed by atoms with E-state index in [1.165, 1.54) is 0 Å². The van der Waals surface area contributed by atoms with Crippen LogP contribution in [0.4, 0.5) is 0 Å². The predicted molar refractivity (Wildman–Crippen MR) is 90.9 cm³/mol. The quantitative estimate of drug-likeness (QED) is 0.758. The van der Waals surface area contributed by atoms with Crippen LogP contribution in [0.3, 0.4) is 0 Å². The summed E-state index contributed by atoms with van der Waals surface area (Å²) in [7, 11) is 0. The fourth-order valence-corrected chi connectivity index (χ4v) is 3.26. The van der Waals surface area contributed by atoms with Crippen LogP contribution in [0, 0.1) is 0 Å². The van der Waals surface area contributed by atoms with Gasteiger partial charge in [-0.15, -0.1) is 0 Å². The lowest BCUT2D eigenvalue weighted by Crippen LogP contribution is -2.19. The Morgan fingerprint density at radius 1 is 1.26 bits per heavy atom. The Hall–Kier alpha value is -1.88. The van der Waals surface area contributed by atoms with Gasteiger partial charge in [-0.1, -0.05) is 28.1 Å². The van der Waals surface area contributed by atoms with Gasteiger partial charge in [0.05, 0.1) is 12.3 Å². The second-order valence-corrected chi connectivity index (χ2v) is 6.53. The number of carbonyl (C=O) groups excluding carboxylic acids is 2. The number of Topliss-reactive ketones (excluding diaryl/α,β-unsaturated/α-hetero) is 1. The van der Waals surface area contributed by atoms with Gasteiger partial charge in [0.2, 0.25) is 0 Å². The first-order valence-electron chi connectivity index (χ1n) is 7.77. The van der Waals surface area contributed by atoms with Crippen molar-refractivity contribution in [3.8, 4) is 0 Å². The Labute approximate surface area is 143 Å². The topological polar surface area (TPSA) is 48.3 Å². The van der Waals surface area contributed by atoms with Crippen LogP contribution in [0.15, 0.2) is 34.8 Å². The van der Waals surface area contributed by atoms with Crippen molar-refractivity contribution < 1.29 is 14.3 Å². The van der Waals surface area contributed by atoms with Gasteiger partial charge in [-0.2, -0.15) is 0 Å². The summed E-state index contributed by atoms with van der Waals surface area (Å²) in [5.74, 6) is -0.259. The van der Waals surface area contributed by atoms with Crippen LogP contribution in [0.25, 0.3) is 0 Å². The lowest BCUT2D eigenvalue weighted by Gasteiger charge is -2.16. The predicted octanol–water partition coefficient (Wildman–Crippen LogP) is 3.99. The van der Waals surface area contributed by atoms with E-state index in [-0.39, 0.29) is 11.8 Å². The Kier molecular flexibility index (Phi) is 4.66. The zero-order valence-corrected chi connectivity index (χ0v) is 14.6.